The van der Waals surface area contributed by atoms with E-state index in [4.69, 9.17) is 4.42 Å². The van der Waals surface area contributed by atoms with Gasteiger partial charge in [-0.05, 0) is 40.5 Å². The number of likely N-dealkylation sites (N-methyl/N-ethyl adjacent to an activating group) is 1. The molecule has 116 valence electrons. The molecule has 6 heteroatoms. The van der Waals surface area contributed by atoms with Gasteiger partial charge in [-0.25, -0.2) is 0 Å². The fourth-order valence-corrected chi connectivity index (χ4v) is 2.28. The van der Waals surface area contributed by atoms with Crippen molar-refractivity contribution >= 4 is 27.7 Å². The van der Waals surface area contributed by atoms with Crippen molar-refractivity contribution in [3.63, 3.8) is 0 Å². The highest BCUT2D eigenvalue weighted by Crippen LogP contribution is 2.13. The van der Waals surface area contributed by atoms with E-state index in [0.717, 1.165) is 5.56 Å². The Morgan fingerprint density at radius 3 is 2.50 bits per heavy atom. The number of hydrogen-bond acceptors (Lipinski definition) is 3. The van der Waals surface area contributed by atoms with Gasteiger partial charge in [0.05, 0.1) is 6.54 Å². The summed E-state index contributed by atoms with van der Waals surface area (Å²) < 4.78 is 5.61. The number of carbonyl (C=O) groups excluding carboxylic acids is 2. The fraction of sp³-hybridized carbons (Fsp3) is 0.250. The minimum atomic E-state index is -0.408. The van der Waals surface area contributed by atoms with Crippen LogP contribution in [0, 0.1) is 0 Å². The van der Waals surface area contributed by atoms with E-state index >= 15 is 0 Å². The molecule has 0 atom stereocenters. The van der Waals surface area contributed by atoms with Gasteiger partial charge < -0.3 is 14.6 Å². The molecular formula is C16H17BrN2O3. The van der Waals surface area contributed by atoms with Crippen molar-refractivity contribution in [2.24, 2.45) is 0 Å². The minimum Gasteiger partial charge on any atom is -0.444 e. The first kappa shape index (κ1) is 16.3. The van der Waals surface area contributed by atoms with Crippen LogP contribution in [0.2, 0.25) is 0 Å². The summed E-state index contributed by atoms with van der Waals surface area (Å²) in [7, 11) is 0. The molecule has 1 aromatic carbocycles. The van der Waals surface area contributed by atoms with Gasteiger partial charge in [0, 0.05) is 13.1 Å². The molecule has 0 spiro atoms. The lowest BCUT2D eigenvalue weighted by Gasteiger charge is -2.21. The zero-order valence-electron chi connectivity index (χ0n) is 12.2. The summed E-state index contributed by atoms with van der Waals surface area (Å²) in [5.74, 6) is -0.370. The first-order valence-electron chi connectivity index (χ1n) is 6.95. The number of carbonyl (C=O) groups is 2. The molecule has 0 aliphatic carbocycles. The molecule has 0 saturated heterocycles. The Hall–Kier alpha value is -2.08. The van der Waals surface area contributed by atoms with Gasteiger partial charge in [0.25, 0.3) is 5.91 Å². The van der Waals surface area contributed by atoms with Gasteiger partial charge >= 0.3 is 0 Å². The number of hydrogen-bond donors (Lipinski definition) is 1. The molecular weight excluding hydrogens is 348 g/mol. The van der Waals surface area contributed by atoms with E-state index in [9.17, 15) is 9.59 Å². The molecule has 1 aromatic heterocycles. The van der Waals surface area contributed by atoms with Gasteiger partial charge in [-0.1, -0.05) is 30.3 Å². The van der Waals surface area contributed by atoms with Gasteiger partial charge in [-0.2, -0.15) is 0 Å². The average molecular weight is 365 g/mol. The molecule has 22 heavy (non-hydrogen) atoms. The van der Waals surface area contributed by atoms with Crippen molar-refractivity contribution in [1.82, 2.24) is 10.2 Å². The second-order valence-corrected chi connectivity index (χ2v) is 5.46. The van der Waals surface area contributed by atoms with Gasteiger partial charge in [-0.15, -0.1) is 0 Å². The molecule has 1 heterocycles. The van der Waals surface area contributed by atoms with Crippen LogP contribution in [-0.2, 0) is 11.3 Å². The number of nitrogens with zero attached hydrogens (tertiary/aromatic N) is 1. The molecule has 0 aliphatic heterocycles. The van der Waals surface area contributed by atoms with Gasteiger partial charge in [0.2, 0.25) is 5.91 Å². The number of furan rings is 1. The van der Waals surface area contributed by atoms with E-state index in [1.165, 1.54) is 0 Å². The number of halogens is 1. The first-order valence-corrected chi connectivity index (χ1v) is 7.74. The van der Waals surface area contributed by atoms with E-state index in [2.05, 4.69) is 21.2 Å². The van der Waals surface area contributed by atoms with Crippen LogP contribution in [0.1, 0.15) is 23.0 Å². The lowest BCUT2D eigenvalue weighted by molar-refractivity contribution is -0.130. The van der Waals surface area contributed by atoms with Gasteiger partial charge in [-0.3, -0.25) is 9.59 Å². The Bertz CT molecular complexity index is 640. The zero-order chi connectivity index (χ0) is 15.9. The molecule has 0 radical (unpaired) electrons. The summed E-state index contributed by atoms with van der Waals surface area (Å²) in [6.45, 7) is 2.96. The summed E-state index contributed by atoms with van der Waals surface area (Å²) in [6.07, 6.45) is 0. The minimum absolute atomic E-state index is 0.0577. The Morgan fingerprint density at radius 1 is 1.18 bits per heavy atom. The van der Waals surface area contributed by atoms with Crippen LogP contribution in [0.4, 0.5) is 0 Å². The third kappa shape index (κ3) is 4.46. The zero-order valence-corrected chi connectivity index (χ0v) is 13.8. The predicted molar refractivity (Wildman–Crippen MR) is 86.3 cm³/mol. The van der Waals surface area contributed by atoms with Crippen molar-refractivity contribution in [2.45, 2.75) is 13.5 Å². The van der Waals surface area contributed by atoms with E-state index in [-0.39, 0.29) is 18.2 Å². The lowest BCUT2D eigenvalue weighted by atomic mass is 10.2. The molecule has 2 aromatic rings. The Kier molecular flexibility index (Phi) is 5.77. The van der Waals surface area contributed by atoms with Crippen molar-refractivity contribution in [2.75, 3.05) is 13.1 Å². The maximum atomic E-state index is 12.2. The highest BCUT2D eigenvalue weighted by atomic mass is 79.9. The standard InChI is InChI=1S/C16H17BrN2O3/c1-2-19(11-12-6-4-3-5-7-12)15(20)10-18-16(21)13-8-9-14(17)22-13/h3-9H,2,10-11H2,1H3,(H,18,21). The Morgan fingerprint density at radius 2 is 1.91 bits per heavy atom. The summed E-state index contributed by atoms with van der Waals surface area (Å²) in [6, 6.07) is 12.9. The molecule has 5 nitrogen and oxygen atoms in total. The fourth-order valence-electron chi connectivity index (χ4n) is 1.97. The van der Waals surface area contributed by atoms with E-state index < -0.39 is 5.91 Å². The van der Waals surface area contributed by atoms with E-state index in [1.807, 2.05) is 37.3 Å². The second kappa shape index (κ2) is 7.79. The maximum Gasteiger partial charge on any atom is 0.287 e. The number of amides is 2. The predicted octanol–water partition coefficient (Wildman–Crippen LogP) is 2.82. The van der Waals surface area contributed by atoms with E-state index in [0.29, 0.717) is 17.8 Å². The highest BCUT2D eigenvalue weighted by Gasteiger charge is 2.15. The molecule has 0 bridgehead atoms. The van der Waals surface area contributed by atoms with Crippen LogP contribution in [0.15, 0.2) is 51.6 Å². The van der Waals surface area contributed by atoms with Crippen LogP contribution in [0.5, 0.6) is 0 Å². The molecule has 0 saturated carbocycles. The second-order valence-electron chi connectivity index (χ2n) is 4.68. The SMILES string of the molecule is CCN(Cc1ccccc1)C(=O)CNC(=O)c1ccc(Br)o1. The molecule has 0 aliphatic rings. The maximum absolute atomic E-state index is 12.2. The average Bonchev–Trinajstić information content (AvgIpc) is 2.97. The highest BCUT2D eigenvalue weighted by molar-refractivity contribution is 9.10. The van der Waals surface area contributed by atoms with Crippen LogP contribution in [0.3, 0.4) is 0 Å². The van der Waals surface area contributed by atoms with Crippen molar-refractivity contribution < 1.29 is 14.0 Å². The van der Waals surface area contributed by atoms with Crippen molar-refractivity contribution in [3.05, 3.63) is 58.5 Å². The van der Waals surface area contributed by atoms with Gasteiger partial charge in [0.1, 0.15) is 0 Å². The van der Waals surface area contributed by atoms with Crippen LogP contribution < -0.4 is 5.32 Å². The summed E-state index contributed by atoms with van der Waals surface area (Å²) in [4.78, 5) is 25.7. The van der Waals surface area contributed by atoms with Crippen LogP contribution in [-0.4, -0.2) is 29.8 Å². The molecule has 0 fully saturated rings. The smallest absolute Gasteiger partial charge is 0.287 e. The Labute approximate surface area is 137 Å². The number of rotatable bonds is 6. The summed E-state index contributed by atoms with van der Waals surface area (Å²) >= 11 is 3.13. The Balaban J connectivity index is 1.88. The largest absolute Gasteiger partial charge is 0.444 e. The quantitative estimate of drug-likeness (QED) is 0.856. The van der Waals surface area contributed by atoms with Crippen molar-refractivity contribution in [1.29, 1.82) is 0 Å². The molecule has 2 rings (SSSR count). The summed E-state index contributed by atoms with van der Waals surface area (Å²) in [5, 5.41) is 2.57. The molecule has 2 amide bonds. The molecule has 1 N–H and O–H groups in total. The lowest BCUT2D eigenvalue weighted by Crippen LogP contribution is -2.39. The normalized spacial score (nSPS) is 10.3. The van der Waals surface area contributed by atoms with E-state index in [1.54, 1.807) is 17.0 Å². The van der Waals surface area contributed by atoms with Gasteiger partial charge in [0.15, 0.2) is 10.4 Å². The first-order chi connectivity index (χ1) is 10.6. The van der Waals surface area contributed by atoms with Crippen molar-refractivity contribution in [3.8, 4) is 0 Å². The van der Waals surface area contributed by atoms with Crippen LogP contribution >= 0.6 is 15.9 Å². The number of nitrogens with one attached hydrogen (secondary N) is 1. The number of benzene rings is 1. The molecule has 0 unspecified atom stereocenters. The summed E-state index contributed by atoms with van der Waals surface area (Å²) in [5.41, 5.74) is 1.05. The third-order valence-electron chi connectivity index (χ3n) is 3.15. The monoisotopic (exact) mass is 364 g/mol. The van der Waals surface area contributed by atoms with Crippen LogP contribution in [0.25, 0.3) is 0 Å². The topological polar surface area (TPSA) is 62.6 Å². The third-order valence-corrected chi connectivity index (χ3v) is 3.57.